The van der Waals surface area contributed by atoms with Gasteiger partial charge in [0.1, 0.15) is 11.9 Å². The Morgan fingerprint density at radius 3 is 2.72 bits per heavy atom. The Morgan fingerprint density at radius 1 is 1.22 bits per heavy atom. The monoisotopic (exact) mass is 484 g/mol. The second-order valence-electron chi connectivity index (χ2n) is 7.00. The summed E-state index contributed by atoms with van der Waals surface area (Å²) in [6, 6.07) is 15.4. The number of hydrogen-bond acceptors (Lipinski definition) is 6. The lowest BCUT2D eigenvalue weighted by Gasteiger charge is -2.16. The van der Waals surface area contributed by atoms with Crippen molar-refractivity contribution in [3.8, 4) is 17.2 Å². The molecule has 10 heteroatoms. The lowest BCUT2D eigenvalue weighted by atomic mass is 10.0. The average molecular weight is 485 g/mol. The van der Waals surface area contributed by atoms with Crippen LogP contribution in [0.3, 0.4) is 0 Å². The predicted octanol–water partition coefficient (Wildman–Crippen LogP) is 4.03. The van der Waals surface area contributed by atoms with E-state index in [1.165, 1.54) is 22.3 Å². The van der Waals surface area contributed by atoms with E-state index in [4.69, 9.17) is 11.6 Å². The molecule has 1 aromatic carbocycles. The van der Waals surface area contributed by atoms with Gasteiger partial charge in [-0.05, 0) is 42.8 Å². The predicted molar refractivity (Wildman–Crippen MR) is 126 cm³/mol. The van der Waals surface area contributed by atoms with E-state index >= 15 is 0 Å². The summed E-state index contributed by atoms with van der Waals surface area (Å²) in [5.41, 5.74) is 2.05. The molecule has 1 saturated heterocycles. The molecule has 1 aliphatic rings. The number of nitrogens with zero attached hydrogens (tertiary/aromatic N) is 3. The van der Waals surface area contributed by atoms with Crippen molar-refractivity contribution >= 4 is 50.8 Å². The molecular formula is C22H17ClN4O3S2. The Hall–Kier alpha value is -3.03. The van der Waals surface area contributed by atoms with E-state index < -0.39 is 16.1 Å². The van der Waals surface area contributed by atoms with Gasteiger partial charge in [0, 0.05) is 34.2 Å². The van der Waals surface area contributed by atoms with E-state index in [0.717, 1.165) is 16.5 Å². The van der Waals surface area contributed by atoms with Crippen LogP contribution < -0.4 is 9.62 Å². The fourth-order valence-corrected chi connectivity index (χ4v) is 5.44. The van der Waals surface area contributed by atoms with Crippen molar-refractivity contribution in [3.05, 3.63) is 74.9 Å². The van der Waals surface area contributed by atoms with Gasteiger partial charge >= 0.3 is 0 Å². The van der Waals surface area contributed by atoms with Crippen LogP contribution >= 0.6 is 22.9 Å². The number of nitrogens with one attached hydrogen (secondary N) is 1. The Labute approximate surface area is 194 Å². The number of carbonyl (C=O) groups is 1. The molecule has 0 radical (unpaired) electrons. The molecule has 0 saturated carbocycles. The molecule has 0 bridgehead atoms. The van der Waals surface area contributed by atoms with Crippen LogP contribution in [0.2, 0.25) is 4.34 Å². The first kappa shape index (κ1) is 22.2. The number of carbonyl (C=O) groups excluding carboxylic acids is 1. The number of thiophene rings is 1. The van der Waals surface area contributed by atoms with Crippen LogP contribution in [0.4, 0.5) is 5.82 Å². The molecule has 1 amide bonds. The Bertz CT molecular complexity index is 1330. The van der Waals surface area contributed by atoms with Gasteiger partial charge < -0.3 is 0 Å². The van der Waals surface area contributed by atoms with Crippen molar-refractivity contribution in [2.45, 2.75) is 12.5 Å². The fraction of sp³-hybridized carbons (Fsp3) is 0.136. The molecular weight excluding hydrogens is 468 g/mol. The van der Waals surface area contributed by atoms with Gasteiger partial charge in [0.2, 0.25) is 15.9 Å². The van der Waals surface area contributed by atoms with Crippen LogP contribution in [0, 0.1) is 11.3 Å². The normalized spacial score (nSPS) is 16.6. The van der Waals surface area contributed by atoms with Crippen molar-refractivity contribution in [3.63, 3.8) is 0 Å². The molecule has 2 aromatic heterocycles. The maximum absolute atomic E-state index is 12.8. The van der Waals surface area contributed by atoms with Gasteiger partial charge in [-0.15, -0.1) is 11.3 Å². The first-order valence-corrected chi connectivity index (χ1v) is 12.3. The van der Waals surface area contributed by atoms with E-state index in [1.54, 1.807) is 42.6 Å². The zero-order valence-corrected chi connectivity index (χ0v) is 19.0. The number of rotatable bonds is 6. The second-order valence-corrected chi connectivity index (χ2v) is 10.3. The zero-order valence-electron chi connectivity index (χ0n) is 16.6. The number of nitriles is 1. The fourth-order valence-electron chi connectivity index (χ4n) is 3.37. The second kappa shape index (κ2) is 9.22. The van der Waals surface area contributed by atoms with Crippen molar-refractivity contribution in [2.75, 3.05) is 11.4 Å². The minimum absolute atomic E-state index is 0.331. The molecule has 1 fully saturated rings. The molecule has 1 aliphatic heterocycles. The van der Waals surface area contributed by atoms with Crippen molar-refractivity contribution in [1.82, 2.24) is 9.71 Å². The number of benzene rings is 1. The number of sulfonamides is 1. The molecule has 162 valence electrons. The van der Waals surface area contributed by atoms with Crippen LogP contribution in [0.15, 0.2) is 60.1 Å². The highest BCUT2D eigenvalue weighted by atomic mass is 35.5. The van der Waals surface area contributed by atoms with Gasteiger partial charge in [0.05, 0.1) is 16.0 Å². The number of halogens is 1. The largest absolute Gasteiger partial charge is 0.295 e. The Morgan fingerprint density at radius 2 is 2.03 bits per heavy atom. The zero-order chi connectivity index (χ0) is 22.7. The summed E-state index contributed by atoms with van der Waals surface area (Å²) in [5, 5.41) is 10.3. The first-order chi connectivity index (χ1) is 15.4. The third-order valence-corrected chi connectivity index (χ3v) is 7.20. The quantitative estimate of drug-likeness (QED) is 0.569. The van der Waals surface area contributed by atoms with E-state index in [0.29, 0.717) is 33.6 Å². The van der Waals surface area contributed by atoms with Gasteiger partial charge in [-0.25, -0.2) is 13.4 Å². The summed E-state index contributed by atoms with van der Waals surface area (Å²) in [5.74, 6) is 0.0671. The molecule has 7 nitrogen and oxygen atoms in total. The highest BCUT2D eigenvalue weighted by Crippen LogP contribution is 2.26. The molecule has 0 spiro atoms. The lowest BCUT2D eigenvalue weighted by molar-refractivity contribution is -0.118. The minimum Gasteiger partial charge on any atom is -0.295 e. The Kier molecular flexibility index (Phi) is 6.39. The number of anilines is 1. The van der Waals surface area contributed by atoms with Crippen molar-refractivity contribution < 1.29 is 13.2 Å². The maximum atomic E-state index is 12.8. The third kappa shape index (κ3) is 4.89. The summed E-state index contributed by atoms with van der Waals surface area (Å²) < 4.78 is 27.8. The summed E-state index contributed by atoms with van der Waals surface area (Å²) in [7, 11) is -3.81. The highest BCUT2D eigenvalue weighted by molar-refractivity contribution is 7.92. The highest BCUT2D eigenvalue weighted by Gasteiger charge is 2.35. The number of aromatic nitrogens is 1. The smallest absolute Gasteiger partial charge is 0.246 e. The third-order valence-electron chi connectivity index (χ3n) is 4.90. The first-order valence-electron chi connectivity index (χ1n) is 9.59. The van der Waals surface area contributed by atoms with E-state index in [9.17, 15) is 18.5 Å². The van der Waals surface area contributed by atoms with Gasteiger partial charge in [-0.2, -0.15) is 9.98 Å². The van der Waals surface area contributed by atoms with E-state index in [-0.39, 0.29) is 5.91 Å². The van der Waals surface area contributed by atoms with Crippen LogP contribution in [-0.4, -0.2) is 31.9 Å². The summed E-state index contributed by atoms with van der Waals surface area (Å²) in [6.45, 7) is 0.345. The number of amides is 1. The molecule has 0 aliphatic carbocycles. The van der Waals surface area contributed by atoms with Crippen LogP contribution in [0.5, 0.6) is 0 Å². The molecule has 3 aromatic rings. The van der Waals surface area contributed by atoms with Crippen molar-refractivity contribution in [2.24, 2.45) is 0 Å². The summed E-state index contributed by atoms with van der Waals surface area (Å²) >= 11 is 7.11. The van der Waals surface area contributed by atoms with Gasteiger partial charge in [-0.3, -0.25) is 9.69 Å². The maximum Gasteiger partial charge on any atom is 0.246 e. The molecule has 1 atom stereocenters. The molecule has 3 heterocycles. The van der Waals surface area contributed by atoms with Gasteiger partial charge in [0.25, 0.3) is 0 Å². The van der Waals surface area contributed by atoms with Crippen LogP contribution in [0.1, 0.15) is 16.9 Å². The number of pyridine rings is 1. The number of hydrogen-bond donors (Lipinski definition) is 1. The molecule has 1 unspecified atom stereocenters. The lowest BCUT2D eigenvalue weighted by Crippen LogP contribution is -2.40. The summed E-state index contributed by atoms with van der Waals surface area (Å²) in [6.07, 6.45) is 3.37. The average Bonchev–Trinajstić information content (AvgIpc) is 3.37. The molecule has 1 N–H and O–H groups in total. The SMILES string of the molecule is N#Cc1ccccc1-c1ccc(N2CCC(NS(=O)(=O)/C=C/c3ccc(Cl)s3)C2=O)nc1. The Balaban J connectivity index is 1.45. The summed E-state index contributed by atoms with van der Waals surface area (Å²) in [4.78, 5) is 19.3. The van der Waals surface area contributed by atoms with Gasteiger partial charge in [-0.1, -0.05) is 29.8 Å². The topological polar surface area (TPSA) is 103 Å². The van der Waals surface area contributed by atoms with Crippen LogP contribution in [0.25, 0.3) is 17.2 Å². The molecule has 4 rings (SSSR count). The van der Waals surface area contributed by atoms with E-state index in [2.05, 4.69) is 15.8 Å². The van der Waals surface area contributed by atoms with Crippen molar-refractivity contribution in [1.29, 1.82) is 5.26 Å². The van der Waals surface area contributed by atoms with Crippen LogP contribution in [-0.2, 0) is 14.8 Å². The van der Waals surface area contributed by atoms with Gasteiger partial charge in [0.15, 0.2) is 0 Å². The standard InChI is InChI=1S/C22H17ClN4O3S2/c23-20-7-6-17(31-20)10-12-32(29,30)26-19-9-11-27(22(19)28)21-8-5-16(14-25-21)18-4-2-1-3-15(18)13-24/h1-8,10,12,14,19,26H,9,11H2/b12-10+. The van der Waals surface area contributed by atoms with E-state index in [1.807, 2.05) is 12.1 Å². The molecule has 32 heavy (non-hydrogen) atoms. The minimum atomic E-state index is -3.81.